The third-order valence-corrected chi connectivity index (χ3v) is 4.19. The summed E-state index contributed by atoms with van der Waals surface area (Å²) in [6.07, 6.45) is 1.29. The third kappa shape index (κ3) is 3.64. The number of benzene rings is 1. The van der Waals surface area contributed by atoms with E-state index < -0.39 is 6.10 Å². The molecule has 1 aromatic carbocycles. The molecule has 0 aliphatic rings. The average molecular weight is 308 g/mol. The van der Waals surface area contributed by atoms with Crippen molar-refractivity contribution in [2.45, 2.75) is 39.0 Å². The SMILES string of the molecule is Cc1c(C(C)NC(C)C(O)c2ccc(Cl)cc2)cnn1C. The van der Waals surface area contributed by atoms with E-state index in [1.807, 2.05) is 43.9 Å². The lowest BCUT2D eigenvalue weighted by molar-refractivity contribution is 0.130. The zero-order chi connectivity index (χ0) is 15.6. The number of rotatable bonds is 5. The molecule has 2 N–H and O–H groups in total. The first kappa shape index (κ1) is 16.0. The number of aromatic nitrogens is 2. The standard InChI is InChI=1S/C16H22ClN3O/c1-10(15-9-18-20(4)12(15)3)19-11(2)16(21)13-5-7-14(17)8-6-13/h5-11,16,19,21H,1-4H3. The molecule has 0 aliphatic carbocycles. The molecular weight excluding hydrogens is 286 g/mol. The van der Waals surface area contributed by atoms with Crippen LogP contribution in [0.25, 0.3) is 0 Å². The molecule has 5 heteroatoms. The zero-order valence-electron chi connectivity index (χ0n) is 12.8. The van der Waals surface area contributed by atoms with E-state index in [0.717, 1.165) is 16.8 Å². The Morgan fingerprint density at radius 2 is 1.86 bits per heavy atom. The largest absolute Gasteiger partial charge is 0.387 e. The normalized spacial score (nSPS) is 15.7. The van der Waals surface area contributed by atoms with Crippen molar-refractivity contribution in [3.8, 4) is 0 Å². The first-order valence-electron chi connectivity index (χ1n) is 7.08. The molecule has 0 amide bonds. The fourth-order valence-electron chi connectivity index (χ4n) is 2.46. The summed E-state index contributed by atoms with van der Waals surface area (Å²) in [5.41, 5.74) is 3.13. The van der Waals surface area contributed by atoms with E-state index in [1.165, 1.54) is 0 Å². The monoisotopic (exact) mass is 307 g/mol. The summed E-state index contributed by atoms with van der Waals surface area (Å²) in [7, 11) is 1.93. The van der Waals surface area contributed by atoms with E-state index in [9.17, 15) is 5.11 Å². The molecular formula is C16H22ClN3O. The van der Waals surface area contributed by atoms with Crippen LogP contribution in [0.15, 0.2) is 30.5 Å². The maximum Gasteiger partial charge on any atom is 0.0940 e. The summed E-state index contributed by atoms with van der Waals surface area (Å²) >= 11 is 5.87. The Morgan fingerprint density at radius 3 is 2.38 bits per heavy atom. The lowest BCUT2D eigenvalue weighted by Crippen LogP contribution is -2.34. The predicted octanol–water partition coefficient (Wildman–Crippen LogP) is 3.15. The highest BCUT2D eigenvalue weighted by molar-refractivity contribution is 6.30. The molecule has 2 aromatic rings. The Bertz CT molecular complexity index is 594. The summed E-state index contributed by atoms with van der Waals surface area (Å²) in [4.78, 5) is 0. The van der Waals surface area contributed by atoms with E-state index in [-0.39, 0.29) is 12.1 Å². The Balaban J connectivity index is 2.05. The van der Waals surface area contributed by atoms with Gasteiger partial charge in [0.15, 0.2) is 0 Å². The van der Waals surface area contributed by atoms with E-state index >= 15 is 0 Å². The molecule has 1 aromatic heterocycles. The molecule has 0 radical (unpaired) electrons. The highest BCUT2D eigenvalue weighted by Gasteiger charge is 2.20. The van der Waals surface area contributed by atoms with Crippen molar-refractivity contribution in [3.63, 3.8) is 0 Å². The fourth-order valence-corrected chi connectivity index (χ4v) is 2.59. The minimum Gasteiger partial charge on any atom is -0.387 e. The maximum absolute atomic E-state index is 10.4. The third-order valence-electron chi connectivity index (χ3n) is 3.94. The molecule has 2 rings (SSSR count). The van der Waals surface area contributed by atoms with E-state index in [1.54, 1.807) is 12.1 Å². The van der Waals surface area contributed by atoms with Crippen molar-refractivity contribution < 1.29 is 5.11 Å². The highest BCUT2D eigenvalue weighted by Crippen LogP contribution is 2.22. The molecule has 0 saturated heterocycles. The van der Waals surface area contributed by atoms with Gasteiger partial charge < -0.3 is 10.4 Å². The molecule has 114 valence electrons. The van der Waals surface area contributed by atoms with Crippen molar-refractivity contribution in [2.75, 3.05) is 0 Å². The van der Waals surface area contributed by atoms with Crippen molar-refractivity contribution in [1.82, 2.24) is 15.1 Å². The van der Waals surface area contributed by atoms with Crippen molar-refractivity contribution in [2.24, 2.45) is 7.05 Å². The van der Waals surface area contributed by atoms with E-state index in [0.29, 0.717) is 5.02 Å². The smallest absolute Gasteiger partial charge is 0.0940 e. The van der Waals surface area contributed by atoms with E-state index in [2.05, 4.69) is 17.3 Å². The van der Waals surface area contributed by atoms with Gasteiger partial charge in [0.1, 0.15) is 0 Å². The second kappa shape index (κ2) is 6.60. The van der Waals surface area contributed by atoms with Crippen LogP contribution in [-0.2, 0) is 7.05 Å². The van der Waals surface area contributed by atoms with Gasteiger partial charge in [0, 0.05) is 35.4 Å². The number of nitrogens with one attached hydrogen (secondary N) is 1. The molecule has 1 heterocycles. The molecule has 3 atom stereocenters. The lowest BCUT2D eigenvalue weighted by Gasteiger charge is -2.24. The van der Waals surface area contributed by atoms with Crippen LogP contribution in [0.2, 0.25) is 5.02 Å². The van der Waals surface area contributed by atoms with Gasteiger partial charge >= 0.3 is 0 Å². The molecule has 0 fully saturated rings. The zero-order valence-corrected chi connectivity index (χ0v) is 13.6. The number of aryl methyl sites for hydroxylation is 1. The molecule has 4 nitrogen and oxygen atoms in total. The summed E-state index contributed by atoms with van der Waals surface area (Å²) in [5, 5.41) is 18.8. The molecule has 3 unspecified atom stereocenters. The maximum atomic E-state index is 10.4. The summed E-state index contributed by atoms with van der Waals surface area (Å²) in [5.74, 6) is 0. The number of aliphatic hydroxyl groups is 1. The van der Waals surface area contributed by atoms with Crippen LogP contribution in [0.1, 0.15) is 42.8 Å². The average Bonchev–Trinajstić information content (AvgIpc) is 2.79. The van der Waals surface area contributed by atoms with Crippen LogP contribution < -0.4 is 5.32 Å². The van der Waals surface area contributed by atoms with Gasteiger partial charge in [-0.25, -0.2) is 0 Å². The van der Waals surface area contributed by atoms with Gasteiger partial charge in [0.25, 0.3) is 0 Å². The molecule has 21 heavy (non-hydrogen) atoms. The van der Waals surface area contributed by atoms with Crippen molar-refractivity contribution in [1.29, 1.82) is 0 Å². The van der Waals surface area contributed by atoms with Crippen LogP contribution in [0, 0.1) is 6.92 Å². The second-order valence-electron chi connectivity index (χ2n) is 5.48. The van der Waals surface area contributed by atoms with Crippen LogP contribution in [0.4, 0.5) is 0 Å². The number of aliphatic hydroxyl groups excluding tert-OH is 1. The van der Waals surface area contributed by atoms with Gasteiger partial charge in [-0.15, -0.1) is 0 Å². The summed E-state index contributed by atoms with van der Waals surface area (Å²) in [6, 6.07) is 7.33. The van der Waals surface area contributed by atoms with Crippen molar-refractivity contribution in [3.05, 3.63) is 52.3 Å². The highest BCUT2D eigenvalue weighted by atomic mass is 35.5. The predicted molar refractivity (Wildman–Crippen MR) is 85.4 cm³/mol. The van der Waals surface area contributed by atoms with Crippen molar-refractivity contribution >= 4 is 11.6 Å². The Hall–Kier alpha value is -1.36. The number of halogens is 1. The van der Waals surface area contributed by atoms with Gasteiger partial charge in [-0.1, -0.05) is 23.7 Å². The Labute approximate surface area is 130 Å². The second-order valence-corrected chi connectivity index (χ2v) is 5.92. The lowest BCUT2D eigenvalue weighted by atomic mass is 10.0. The minimum atomic E-state index is -0.582. The number of nitrogens with zero attached hydrogens (tertiary/aromatic N) is 2. The van der Waals surface area contributed by atoms with Gasteiger partial charge in [0.2, 0.25) is 0 Å². The quantitative estimate of drug-likeness (QED) is 0.892. The van der Waals surface area contributed by atoms with Crippen LogP contribution >= 0.6 is 11.6 Å². The fraction of sp³-hybridized carbons (Fsp3) is 0.438. The molecule has 0 spiro atoms. The first-order valence-corrected chi connectivity index (χ1v) is 7.46. The first-order chi connectivity index (χ1) is 9.90. The molecule has 0 saturated carbocycles. The topological polar surface area (TPSA) is 50.1 Å². The van der Waals surface area contributed by atoms with Crippen LogP contribution in [-0.4, -0.2) is 20.9 Å². The van der Waals surface area contributed by atoms with Crippen LogP contribution in [0.3, 0.4) is 0 Å². The van der Waals surface area contributed by atoms with Gasteiger partial charge in [-0.3, -0.25) is 4.68 Å². The minimum absolute atomic E-state index is 0.0826. The van der Waals surface area contributed by atoms with Crippen LogP contribution in [0.5, 0.6) is 0 Å². The molecule has 0 aliphatic heterocycles. The van der Waals surface area contributed by atoms with Gasteiger partial charge in [-0.2, -0.15) is 5.10 Å². The van der Waals surface area contributed by atoms with Gasteiger partial charge in [-0.05, 0) is 38.5 Å². The van der Waals surface area contributed by atoms with E-state index in [4.69, 9.17) is 11.6 Å². The molecule has 0 bridgehead atoms. The van der Waals surface area contributed by atoms with Gasteiger partial charge in [0.05, 0.1) is 12.3 Å². The summed E-state index contributed by atoms with van der Waals surface area (Å²) in [6.45, 7) is 6.09. The number of hydrogen-bond acceptors (Lipinski definition) is 3. The summed E-state index contributed by atoms with van der Waals surface area (Å²) < 4.78 is 1.85. The number of hydrogen-bond donors (Lipinski definition) is 2. The Morgan fingerprint density at radius 1 is 1.24 bits per heavy atom. The Kier molecular flexibility index (Phi) is 5.04.